The standard InChI is InChI=1S/C29H22Cl2N2OS/c30-25-15-8-16-26(27(25)31)35(34)20-21-9-7-14-24(19-21)29(28-32-17-18-33-28,22-10-3-1-4-11-22)23-12-5-2-6-13-23/h1-19H,20H2,(H,32,33). The molecule has 1 unspecified atom stereocenters. The van der Waals surface area contributed by atoms with Crippen LogP contribution >= 0.6 is 23.2 Å². The van der Waals surface area contributed by atoms with E-state index in [1.807, 2.05) is 54.7 Å². The predicted molar refractivity (Wildman–Crippen MR) is 143 cm³/mol. The lowest BCUT2D eigenvalue weighted by molar-refractivity contribution is 0.594. The number of hydrogen-bond donors (Lipinski definition) is 1. The SMILES string of the molecule is [O-][S+](Cc1cccc(C(c2ccccc2)(c2ccccc2)c2ncc[nH]2)c1)c1cccc(Cl)c1Cl. The quantitative estimate of drug-likeness (QED) is 0.181. The van der Waals surface area contributed by atoms with Crippen molar-refractivity contribution >= 4 is 34.4 Å². The highest BCUT2D eigenvalue weighted by Crippen LogP contribution is 2.44. The first kappa shape index (κ1) is 23.7. The van der Waals surface area contributed by atoms with Crippen molar-refractivity contribution in [1.82, 2.24) is 9.97 Å². The fourth-order valence-electron chi connectivity index (χ4n) is 4.54. The summed E-state index contributed by atoms with van der Waals surface area (Å²) in [4.78, 5) is 8.64. The Morgan fingerprint density at radius 3 is 2.03 bits per heavy atom. The van der Waals surface area contributed by atoms with Gasteiger partial charge in [-0.2, -0.15) is 0 Å². The third kappa shape index (κ3) is 4.51. The van der Waals surface area contributed by atoms with Crippen molar-refractivity contribution in [1.29, 1.82) is 0 Å². The van der Waals surface area contributed by atoms with Crippen molar-refractivity contribution in [2.24, 2.45) is 0 Å². The Kier molecular flexibility index (Phi) is 6.98. The van der Waals surface area contributed by atoms with Gasteiger partial charge in [-0.15, -0.1) is 0 Å². The summed E-state index contributed by atoms with van der Waals surface area (Å²) >= 11 is 11.2. The summed E-state index contributed by atoms with van der Waals surface area (Å²) in [5, 5.41) is 0.735. The number of benzene rings is 4. The van der Waals surface area contributed by atoms with E-state index in [2.05, 4.69) is 41.4 Å². The molecule has 5 aromatic rings. The van der Waals surface area contributed by atoms with Crippen LogP contribution in [-0.4, -0.2) is 14.5 Å². The average molecular weight is 517 g/mol. The third-order valence-electron chi connectivity index (χ3n) is 6.09. The molecular formula is C29H22Cl2N2OS. The minimum atomic E-state index is -1.36. The Morgan fingerprint density at radius 1 is 0.771 bits per heavy atom. The zero-order valence-corrected chi connectivity index (χ0v) is 21.0. The van der Waals surface area contributed by atoms with Gasteiger partial charge in [0, 0.05) is 18.0 Å². The molecule has 5 rings (SSSR count). The summed E-state index contributed by atoms with van der Waals surface area (Å²) in [5.74, 6) is 1.12. The van der Waals surface area contributed by atoms with Crippen LogP contribution in [-0.2, 0) is 22.3 Å². The van der Waals surface area contributed by atoms with Crippen molar-refractivity contribution < 1.29 is 4.55 Å². The van der Waals surface area contributed by atoms with Crippen molar-refractivity contribution in [3.63, 3.8) is 0 Å². The molecule has 1 atom stereocenters. The Balaban J connectivity index is 1.66. The topological polar surface area (TPSA) is 51.7 Å². The molecule has 0 bridgehead atoms. The van der Waals surface area contributed by atoms with Crippen LogP contribution in [0.1, 0.15) is 28.1 Å². The number of nitrogens with zero attached hydrogens (tertiary/aromatic N) is 1. The van der Waals surface area contributed by atoms with Crippen LogP contribution in [0.25, 0.3) is 0 Å². The minimum Gasteiger partial charge on any atom is -0.611 e. The number of rotatable bonds is 7. The highest BCUT2D eigenvalue weighted by molar-refractivity contribution is 7.90. The number of halogens is 2. The summed E-state index contributed by atoms with van der Waals surface area (Å²) in [6, 6.07) is 34.1. The van der Waals surface area contributed by atoms with Crippen LogP contribution in [0.2, 0.25) is 10.0 Å². The van der Waals surface area contributed by atoms with E-state index in [0.717, 1.165) is 28.1 Å². The molecular weight excluding hydrogens is 495 g/mol. The maximum Gasteiger partial charge on any atom is 0.173 e. The number of imidazole rings is 1. The maximum absolute atomic E-state index is 13.3. The zero-order valence-electron chi connectivity index (χ0n) is 18.7. The van der Waals surface area contributed by atoms with Crippen molar-refractivity contribution in [3.05, 3.63) is 154 Å². The van der Waals surface area contributed by atoms with Gasteiger partial charge < -0.3 is 9.54 Å². The largest absolute Gasteiger partial charge is 0.611 e. The summed E-state index contributed by atoms with van der Waals surface area (Å²) < 4.78 is 13.3. The molecule has 0 saturated heterocycles. The highest BCUT2D eigenvalue weighted by Gasteiger charge is 2.40. The van der Waals surface area contributed by atoms with Gasteiger partial charge in [-0.1, -0.05) is 108 Å². The van der Waals surface area contributed by atoms with Gasteiger partial charge in [-0.25, -0.2) is 4.98 Å². The predicted octanol–water partition coefficient (Wildman–Crippen LogP) is 7.41. The monoisotopic (exact) mass is 516 g/mol. The van der Waals surface area contributed by atoms with E-state index in [0.29, 0.717) is 20.7 Å². The molecule has 0 radical (unpaired) electrons. The molecule has 3 nitrogen and oxygen atoms in total. The van der Waals surface area contributed by atoms with Crippen LogP contribution < -0.4 is 0 Å². The Morgan fingerprint density at radius 2 is 1.40 bits per heavy atom. The summed E-state index contributed by atoms with van der Waals surface area (Å²) in [6.45, 7) is 0. The fraction of sp³-hybridized carbons (Fsp3) is 0.0690. The maximum atomic E-state index is 13.3. The number of hydrogen-bond acceptors (Lipinski definition) is 2. The van der Waals surface area contributed by atoms with Crippen molar-refractivity contribution in [3.8, 4) is 0 Å². The smallest absolute Gasteiger partial charge is 0.173 e. The van der Waals surface area contributed by atoms with E-state index < -0.39 is 16.6 Å². The average Bonchev–Trinajstić information content (AvgIpc) is 3.43. The molecule has 1 heterocycles. The van der Waals surface area contributed by atoms with Gasteiger partial charge in [0.1, 0.15) is 22.0 Å². The molecule has 174 valence electrons. The molecule has 0 saturated carbocycles. The molecule has 0 amide bonds. The van der Waals surface area contributed by atoms with Gasteiger partial charge in [0.25, 0.3) is 0 Å². The first-order valence-corrected chi connectivity index (χ1v) is 13.2. The molecule has 0 aliphatic carbocycles. The van der Waals surface area contributed by atoms with E-state index in [1.54, 1.807) is 24.4 Å². The molecule has 35 heavy (non-hydrogen) atoms. The van der Waals surface area contributed by atoms with Gasteiger partial charge in [0.15, 0.2) is 4.90 Å². The lowest BCUT2D eigenvalue weighted by Gasteiger charge is -2.34. The molecule has 0 fully saturated rings. The van der Waals surface area contributed by atoms with Crippen LogP contribution in [0.4, 0.5) is 0 Å². The van der Waals surface area contributed by atoms with E-state index in [9.17, 15) is 4.55 Å². The van der Waals surface area contributed by atoms with Gasteiger partial charge in [-0.3, -0.25) is 0 Å². The number of aromatic nitrogens is 2. The molecule has 6 heteroatoms. The van der Waals surface area contributed by atoms with Gasteiger partial charge in [0.2, 0.25) is 0 Å². The van der Waals surface area contributed by atoms with Crippen LogP contribution in [0, 0.1) is 0 Å². The molecule has 1 N–H and O–H groups in total. The molecule has 0 aliphatic rings. The van der Waals surface area contributed by atoms with E-state index in [1.165, 1.54) is 0 Å². The first-order chi connectivity index (χ1) is 17.1. The minimum absolute atomic E-state index is 0.311. The van der Waals surface area contributed by atoms with Crippen molar-refractivity contribution in [2.75, 3.05) is 0 Å². The van der Waals surface area contributed by atoms with Crippen LogP contribution in [0.5, 0.6) is 0 Å². The van der Waals surface area contributed by atoms with Crippen molar-refractivity contribution in [2.45, 2.75) is 16.1 Å². The number of nitrogens with one attached hydrogen (secondary N) is 1. The van der Waals surface area contributed by atoms with E-state index in [4.69, 9.17) is 28.2 Å². The van der Waals surface area contributed by atoms with Crippen LogP contribution in [0.15, 0.2) is 120 Å². The van der Waals surface area contributed by atoms with Crippen LogP contribution in [0.3, 0.4) is 0 Å². The Bertz CT molecular complexity index is 1370. The third-order valence-corrected chi connectivity index (χ3v) is 8.44. The second kappa shape index (κ2) is 10.3. The number of aromatic amines is 1. The second-order valence-electron chi connectivity index (χ2n) is 8.16. The van der Waals surface area contributed by atoms with E-state index in [-0.39, 0.29) is 0 Å². The molecule has 4 aromatic carbocycles. The van der Waals surface area contributed by atoms with Gasteiger partial charge in [-0.05, 0) is 46.1 Å². The summed E-state index contributed by atoms with van der Waals surface area (Å²) in [5.41, 5.74) is 3.43. The molecule has 0 aliphatic heterocycles. The fourth-order valence-corrected chi connectivity index (χ4v) is 6.33. The lowest BCUT2D eigenvalue weighted by atomic mass is 9.68. The van der Waals surface area contributed by atoms with Gasteiger partial charge in [0.05, 0.1) is 5.02 Å². The lowest BCUT2D eigenvalue weighted by Crippen LogP contribution is -2.32. The molecule has 1 aromatic heterocycles. The Hall–Kier alpha value is -3.02. The first-order valence-electron chi connectivity index (χ1n) is 11.1. The number of H-pyrrole nitrogens is 1. The van der Waals surface area contributed by atoms with Gasteiger partial charge >= 0.3 is 0 Å². The second-order valence-corrected chi connectivity index (χ2v) is 10.4. The summed E-state index contributed by atoms with van der Waals surface area (Å²) in [6.07, 6.45) is 3.62. The zero-order chi connectivity index (χ0) is 24.3. The van der Waals surface area contributed by atoms with E-state index >= 15 is 0 Å². The Labute approximate surface area is 218 Å². The summed E-state index contributed by atoms with van der Waals surface area (Å²) in [7, 11) is 0. The normalized spacial score (nSPS) is 12.4. The highest BCUT2D eigenvalue weighted by atomic mass is 35.5. The molecule has 0 spiro atoms.